The number of urea groups is 2. The summed E-state index contributed by atoms with van der Waals surface area (Å²) in [6.45, 7) is 9.68. The summed E-state index contributed by atoms with van der Waals surface area (Å²) in [5, 5.41) is 0. The number of esters is 2. The zero-order valence-corrected chi connectivity index (χ0v) is 29.3. The van der Waals surface area contributed by atoms with Crippen LogP contribution in [0.4, 0.5) is 9.59 Å². The Kier molecular flexibility index (Phi) is 14.4. The molecule has 3 aliphatic heterocycles. The lowest BCUT2D eigenvalue weighted by Gasteiger charge is -2.30. The van der Waals surface area contributed by atoms with Gasteiger partial charge in [-0.3, -0.25) is 48.5 Å². The number of nitrogens with zero attached hydrogens (tertiary/aromatic N) is 6. The minimum atomic E-state index is -0.844. The Hall–Kier alpha value is -4.25. The fourth-order valence-corrected chi connectivity index (χ4v) is 6.10. The van der Waals surface area contributed by atoms with Crippen LogP contribution in [0.2, 0.25) is 0 Å². The summed E-state index contributed by atoms with van der Waals surface area (Å²) < 4.78 is 21.1. The first-order chi connectivity index (χ1) is 23.2. The average Bonchev–Trinajstić information content (AvgIpc) is 3.45. The normalized spacial score (nSPS) is 21.9. The van der Waals surface area contributed by atoms with Crippen LogP contribution in [-0.2, 0) is 42.9 Å². The summed E-state index contributed by atoms with van der Waals surface area (Å²) in [6, 6.07) is -0.870. The van der Waals surface area contributed by atoms with Crippen molar-refractivity contribution in [3.63, 3.8) is 0 Å². The van der Waals surface area contributed by atoms with Crippen molar-refractivity contribution in [1.29, 1.82) is 0 Å². The molecule has 3 saturated heterocycles. The molecule has 7 amide bonds. The van der Waals surface area contributed by atoms with E-state index in [-0.39, 0.29) is 70.2 Å². The quantitative estimate of drug-likeness (QED) is 0.122. The lowest BCUT2D eigenvalue weighted by molar-refractivity contribution is -0.154. The molecule has 0 radical (unpaired) electrons. The molecule has 49 heavy (non-hydrogen) atoms. The van der Waals surface area contributed by atoms with Crippen LogP contribution in [-0.4, -0.2) is 150 Å². The van der Waals surface area contributed by atoms with Crippen molar-refractivity contribution in [3.8, 4) is 0 Å². The summed E-state index contributed by atoms with van der Waals surface area (Å²) in [5.74, 6) is -3.63. The topological polar surface area (TPSA) is 176 Å². The van der Waals surface area contributed by atoms with Crippen molar-refractivity contribution < 1.29 is 52.5 Å². The predicted octanol–water partition coefficient (Wildman–Crippen LogP) is 1.38. The van der Waals surface area contributed by atoms with Crippen LogP contribution < -0.4 is 0 Å². The maximum absolute atomic E-state index is 13.6. The minimum Gasteiger partial charge on any atom is -0.463 e. The van der Waals surface area contributed by atoms with E-state index in [9.17, 15) is 33.6 Å². The molecule has 3 unspecified atom stereocenters. The number of imide groups is 1. The van der Waals surface area contributed by atoms with Crippen LogP contribution in [0.25, 0.3) is 0 Å². The molecule has 0 bridgehead atoms. The number of hydrogen-bond donors (Lipinski definition) is 0. The van der Waals surface area contributed by atoms with Crippen molar-refractivity contribution in [2.24, 2.45) is 11.8 Å². The van der Waals surface area contributed by atoms with Gasteiger partial charge in [0.25, 0.3) is 0 Å². The van der Waals surface area contributed by atoms with E-state index >= 15 is 0 Å². The van der Waals surface area contributed by atoms with Gasteiger partial charge in [-0.15, -0.1) is 6.58 Å². The van der Waals surface area contributed by atoms with Gasteiger partial charge in [-0.1, -0.05) is 19.9 Å². The molecule has 3 aliphatic rings. The second-order valence-electron chi connectivity index (χ2n) is 12.8. The fourth-order valence-electron chi connectivity index (χ4n) is 6.10. The van der Waals surface area contributed by atoms with E-state index in [4.69, 9.17) is 18.9 Å². The lowest BCUT2D eigenvalue weighted by atomic mass is 9.97. The van der Waals surface area contributed by atoms with Crippen LogP contribution in [0.15, 0.2) is 12.7 Å². The molecular weight excluding hydrogens is 644 g/mol. The largest absolute Gasteiger partial charge is 0.463 e. The second kappa shape index (κ2) is 17.9. The van der Waals surface area contributed by atoms with Crippen molar-refractivity contribution >= 4 is 41.7 Å². The number of amides is 7. The molecule has 0 saturated carbocycles. The van der Waals surface area contributed by atoms with Crippen LogP contribution >= 0.6 is 0 Å². The van der Waals surface area contributed by atoms with Crippen molar-refractivity contribution in [3.05, 3.63) is 12.7 Å². The van der Waals surface area contributed by atoms with E-state index in [1.54, 1.807) is 13.8 Å². The Bertz CT molecular complexity index is 1260. The van der Waals surface area contributed by atoms with Crippen molar-refractivity contribution in [2.45, 2.75) is 78.2 Å². The summed E-state index contributed by atoms with van der Waals surface area (Å²) in [6.07, 6.45) is -0.563. The Morgan fingerprint density at radius 2 is 1.39 bits per heavy atom. The van der Waals surface area contributed by atoms with Crippen LogP contribution in [0.1, 0.15) is 59.8 Å². The Balaban J connectivity index is 1.73. The van der Waals surface area contributed by atoms with E-state index < -0.39 is 73.8 Å². The molecule has 0 N–H and O–H groups in total. The smallest absolute Gasteiger partial charge is 0.327 e. The zero-order chi connectivity index (χ0) is 36.4. The highest BCUT2D eigenvalue weighted by Crippen LogP contribution is 2.35. The van der Waals surface area contributed by atoms with Crippen LogP contribution in [0, 0.1) is 11.8 Å². The maximum Gasteiger partial charge on any atom is 0.327 e. The molecule has 0 spiro atoms. The monoisotopic (exact) mass is 694 g/mol. The van der Waals surface area contributed by atoms with Gasteiger partial charge in [0.1, 0.15) is 20.0 Å². The molecule has 3 heterocycles. The lowest BCUT2D eigenvalue weighted by Crippen LogP contribution is -2.49. The molecule has 0 aromatic rings. The molecule has 3 fully saturated rings. The van der Waals surface area contributed by atoms with Gasteiger partial charge in [-0.05, 0) is 32.6 Å². The Morgan fingerprint density at radius 1 is 0.816 bits per heavy atom. The molecule has 0 aromatic carbocycles. The van der Waals surface area contributed by atoms with Crippen molar-refractivity contribution in [2.75, 3.05) is 60.6 Å². The third kappa shape index (κ3) is 9.68. The molecule has 0 aliphatic carbocycles. The number of carbonyl (C=O) groups excluding carboxylic acids is 7. The first-order valence-electron chi connectivity index (χ1n) is 16.5. The SMILES string of the molecule is C=CCC1CCC(=O)N(CCC(=O)OC(C)C)CC(=O)N(CCC(=O)OCN2C(=O)N(CC(C)C)C3C2N(COC)C(=O)N3COC)C1=O. The highest BCUT2D eigenvalue weighted by atomic mass is 16.6. The average molecular weight is 695 g/mol. The summed E-state index contributed by atoms with van der Waals surface area (Å²) in [5.41, 5.74) is 0. The molecule has 17 nitrogen and oxygen atoms in total. The van der Waals surface area contributed by atoms with Crippen LogP contribution in [0.3, 0.4) is 0 Å². The first kappa shape index (κ1) is 39.2. The number of rotatable bonds is 17. The van der Waals surface area contributed by atoms with E-state index in [1.807, 2.05) is 13.8 Å². The third-order valence-electron chi connectivity index (χ3n) is 8.24. The highest BCUT2D eigenvalue weighted by molar-refractivity contribution is 5.99. The molecule has 3 rings (SSSR count). The van der Waals surface area contributed by atoms with Gasteiger partial charge < -0.3 is 23.8 Å². The van der Waals surface area contributed by atoms with Crippen LogP contribution in [0.5, 0.6) is 0 Å². The predicted molar refractivity (Wildman–Crippen MR) is 171 cm³/mol. The minimum absolute atomic E-state index is 0.0170. The molecule has 0 aromatic heterocycles. The maximum atomic E-state index is 13.6. The molecule has 274 valence electrons. The number of methoxy groups -OCH3 is 2. The molecule has 3 atom stereocenters. The van der Waals surface area contributed by atoms with Gasteiger partial charge >= 0.3 is 24.0 Å². The molecule has 17 heteroatoms. The van der Waals surface area contributed by atoms with Gasteiger partial charge in [-0.2, -0.15) is 0 Å². The summed E-state index contributed by atoms with van der Waals surface area (Å²) in [4.78, 5) is 99.7. The van der Waals surface area contributed by atoms with Gasteiger partial charge in [0.15, 0.2) is 19.1 Å². The molecular formula is C32H50N6O11. The number of allylic oxidation sites excluding steroid dienone is 1. The van der Waals surface area contributed by atoms with Gasteiger partial charge in [0.2, 0.25) is 17.7 Å². The highest BCUT2D eigenvalue weighted by Gasteiger charge is 2.59. The van der Waals surface area contributed by atoms with E-state index in [1.165, 1.54) is 44.8 Å². The standard InChI is InChI=1S/C32H50N6O11/c1-8-9-23-10-11-24(39)33(14-12-27(42)49-22(4)5)17-25(40)34(30(23)43)15-13-26(41)48-20-38-29-28(35(31(38)44)16-21(2)3)36(18-46-6)32(45)37(29)19-47-7/h8,21-23,28-29H,1,9-20H2,2-7H3. The van der Waals surface area contributed by atoms with Crippen molar-refractivity contribution in [1.82, 2.24) is 29.4 Å². The third-order valence-corrected chi connectivity index (χ3v) is 8.24. The Labute approximate surface area is 286 Å². The van der Waals surface area contributed by atoms with E-state index in [0.29, 0.717) is 6.54 Å². The first-order valence-corrected chi connectivity index (χ1v) is 16.5. The number of hydrogen-bond acceptors (Lipinski definition) is 11. The Morgan fingerprint density at radius 3 is 1.96 bits per heavy atom. The second-order valence-corrected chi connectivity index (χ2v) is 12.8. The van der Waals surface area contributed by atoms with E-state index in [2.05, 4.69) is 6.58 Å². The zero-order valence-electron chi connectivity index (χ0n) is 29.3. The van der Waals surface area contributed by atoms with Gasteiger partial charge in [-0.25, -0.2) is 9.59 Å². The van der Waals surface area contributed by atoms with E-state index in [0.717, 1.165) is 4.90 Å². The number of carbonyl (C=O) groups is 7. The summed E-state index contributed by atoms with van der Waals surface area (Å²) >= 11 is 0. The van der Waals surface area contributed by atoms with Gasteiger partial charge in [0.05, 0.1) is 18.9 Å². The van der Waals surface area contributed by atoms with Gasteiger partial charge in [0, 0.05) is 46.2 Å². The fraction of sp³-hybridized carbons (Fsp3) is 0.719. The number of fused-ring (bicyclic) bond motifs is 1. The summed E-state index contributed by atoms with van der Waals surface area (Å²) in [7, 11) is 2.85. The number of ether oxygens (including phenoxy) is 4.